The minimum absolute atomic E-state index is 0.593. The van der Waals surface area contributed by atoms with E-state index in [0.29, 0.717) is 6.04 Å². The smallest absolute Gasteiger partial charge is 0.0414 e. The molecule has 0 spiro atoms. The van der Waals surface area contributed by atoms with Crippen molar-refractivity contribution in [3.05, 3.63) is 28.8 Å². The van der Waals surface area contributed by atoms with E-state index >= 15 is 0 Å². The number of piperidine rings is 1. The summed E-state index contributed by atoms with van der Waals surface area (Å²) in [5, 5.41) is 4.22. The number of benzene rings is 1. The van der Waals surface area contributed by atoms with Gasteiger partial charge in [-0.2, -0.15) is 0 Å². The molecule has 1 aromatic rings. The average molecular weight is 296 g/mol. The van der Waals surface area contributed by atoms with Crippen molar-refractivity contribution in [1.29, 1.82) is 0 Å². The second kappa shape index (κ2) is 7.30. The largest absolute Gasteiger partial charge is 0.370 e. The monoisotopic (exact) mass is 295 g/mol. The third-order valence-corrected chi connectivity index (χ3v) is 4.37. The second-order valence-corrected chi connectivity index (χ2v) is 6.16. The van der Waals surface area contributed by atoms with Crippen molar-refractivity contribution < 1.29 is 0 Å². The van der Waals surface area contributed by atoms with Crippen molar-refractivity contribution in [3.8, 4) is 0 Å². The normalized spacial score (nSPS) is 20.1. The van der Waals surface area contributed by atoms with Gasteiger partial charge >= 0.3 is 0 Å². The molecule has 0 bridgehead atoms. The van der Waals surface area contributed by atoms with Crippen LogP contribution in [0.4, 0.5) is 5.69 Å². The lowest BCUT2D eigenvalue weighted by atomic mass is 10.0. The van der Waals surface area contributed by atoms with E-state index in [4.69, 9.17) is 11.6 Å². The van der Waals surface area contributed by atoms with E-state index in [1.165, 1.54) is 30.6 Å². The third-order valence-electron chi connectivity index (χ3n) is 4.13. The van der Waals surface area contributed by atoms with E-state index in [1.807, 2.05) is 6.07 Å². The molecule has 0 saturated carbocycles. The Balaban J connectivity index is 2.17. The fourth-order valence-corrected chi connectivity index (χ4v) is 3.15. The van der Waals surface area contributed by atoms with Crippen LogP contribution in [0, 0.1) is 0 Å². The summed E-state index contributed by atoms with van der Waals surface area (Å²) in [6.07, 6.45) is 2.55. The van der Waals surface area contributed by atoms with E-state index in [-0.39, 0.29) is 0 Å². The maximum Gasteiger partial charge on any atom is 0.0414 e. The highest BCUT2D eigenvalue weighted by molar-refractivity contribution is 6.30. The van der Waals surface area contributed by atoms with Gasteiger partial charge in [-0.1, -0.05) is 18.5 Å². The number of hydrogen-bond donors (Lipinski definition) is 1. The van der Waals surface area contributed by atoms with Crippen LogP contribution in [0.15, 0.2) is 18.2 Å². The molecule has 1 aromatic carbocycles. The highest BCUT2D eigenvalue weighted by atomic mass is 35.5. The highest BCUT2D eigenvalue weighted by Gasteiger charge is 2.22. The van der Waals surface area contributed by atoms with Crippen molar-refractivity contribution in [3.63, 3.8) is 0 Å². The van der Waals surface area contributed by atoms with Gasteiger partial charge in [-0.05, 0) is 56.7 Å². The zero-order valence-electron chi connectivity index (χ0n) is 12.8. The first-order valence-corrected chi connectivity index (χ1v) is 7.90. The van der Waals surface area contributed by atoms with Gasteiger partial charge in [-0.3, -0.25) is 0 Å². The quantitative estimate of drug-likeness (QED) is 0.901. The van der Waals surface area contributed by atoms with Gasteiger partial charge < -0.3 is 15.1 Å². The number of likely N-dealkylation sites (tertiary alicyclic amines) is 1. The van der Waals surface area contributed by atoms with Crippen LogP contribution in [0.3, 0.4) is 0 Å². The van der Waals surface area contributed by atoms with E-state index in [9.17, 15) is 0 Å². The number of nitrogens with zero attached hydrogens (tertiary/aromatic N) is 2. The van der Waals surface area contributed by atoms with Crippen LogP contribution in [0.2, 0.25) is 5.02 Å². The van der Waals surface area contributed by atoms with Gasteiger partial charge in [0.05, 0.1) is 0 Å². The fourth-order valence-electron chi connectivity index (χ4n) is 2.95. The summed E-state index contributed by atoms with van der Waals surface area (Å²) in [6.45, 7) is 6.33. The van der Waals surface area contributed by atoms with Gasteiger partial charge in [-0.15, -0.1) is 0 Å². The highest BCUT2D eigenvalue weighted by Crippen LogP contribution is 2.27. The molecule has 3 nitrogen and oxygen atoms in total. The van der Waals surface area contributed by atoms with Gasteiger partial charge in [-0.25, -0.2) is 0 Å². The number of anilines is 1. The molecule has 20 heavy (non-hydrogen) atoms. The molecule has 112 valence electrons. The van der Waals surface area contributed by atoms with Crippen LogP contribution in [0.5, 0.6) is 0 Å². The van der Waals surface area contributed by atoms with E-state index in [1.54, 1.807) is 0 Å². The van der Waals surface area contributed by atoms with E-state index < -0.39 is 0 Å². The minimum Gasteiger partial charge on any atom is -0.370 e. The Hall–Kier alpha value is -0.770. The van der Waals surface area contributed by atoms with Crippen LogP contribution >= 0.6 is 11.6 Å². The lowest BCUT2D eigenvalue weighted by Gasteiger charge is -2.38. The Labute approximate surface area is 127 Å². The topological polar surface area (TPSA) is 18.5 Å². The van der Waals surface area contributed by atoms with Gasteiger partial charge in [0.2, 0.25) is 0 Å². The molecule has 0 radical (unpaired) electrons. The molecule has 0 aromatic heterocycles. The molecule has 1 aliphatic rings. The predicted molar refractivity (Wildman–Crippen MR) is 87.8 cm³/mol. The summed E-state index contributed by atoms with van der Waals surface area (Å²) in [5.41, 5.74) is 2.59. The number of halogens is 1. The second-order valence-electron chi connectivity index (χ2n) is 5.72. The lowest BCUT2D eigenvalue weighted by Crippen LogP contribution is -2.45. The number of rotatable bonds is 5. The van der Waals surface area contributed by atoms with E-state index in [0.717, 1.165) is 24.7 Å². The molecule has 4 heteroatoms. The van der Waals surface area contributed by atoms with Crippen LogP contribution < -0.4 is 10.2 Å². The number of likely N-dealkylation sites (N-methyl/N-ethyl adjacent to an activating group) is 2. The zero-order valence-corrected chi connectivity index (χ0v) is 13.6. The molecule has 2 rings (SSSR count). The predicted octanol–water partition coefficient (Wildman–Crippen LogP) is 2.98. The molecule has 1 N–H and O–H groups in total. The van der Waals surface area contributed by atoms with E-state index in [2.05, 4.69) is 48.3 Å². The van der Waals surface area contributed by atoms with Gasteiger partial charge in [0.15, 0.2) is 0 Å². The average Bonchev–Trinajstić information content (AvgIpc) is 2.44. The number of nitrogens with one attached hydrogen (secondary N) is 1. The Kier molecular flexibility index (Phi) is 5.70. The molecule has 0 aliphatic carbocycles. The SMILES string of the molecule is CCNCc1cc(Cl)ccc1N(C)C1CCCN(C)C1. The summed E-state index contributed by atoms with van der Waals surface area (Å²) in [5.74, 6) is 0. The standard InChI is InChI=1S/C16H26ClN3/c1-4-18-11-13-10-14(17)7-8-16(13)20(3)15-6-5-9-19(2)12-15/h7-8,10,15,18H,4-6,9,11-12H2,1-3H3. The summed E-state index contributed by atoms with van der Waals surface area (Å²) in [7, 11) is 4.42. The van der Waals surface area contributed by atoms with Crippen molar-refractivity contribution in [2.75, 3.05) is 38.6 Å². The maximum atomic E-state index is 6.15. The fraction of sp³-hybridized carbons (Fsp3) is 0.625. The van der Waals surface area contributed by atoms with Crippen molar-refractivity contribution in [2.24, 2.45) is 0 Å². The van der Waals surface area contributed by atoms with Gasteiger partial charge in [0, 0.05) is 36.9 Å². The minimum atomic E-state index is 0.593. The maximum absolute atomic E-state index is 6.15. The zero-order chi connectivity index (χ0) is 14.5. The van der Waals surface area contributed by atoms with Crippen molar-refractivity contribution in [1.82, 2.24) is 10.2 Å². The molecular weight excluding hydrogens is 270 g/mol. The van der Waals surface area contributed by atoms with Crippen LogP contribution in [-0.2, 0) is 6.54 Å². The Morgan fingerprint density at radius 2 is 2.25 bits per heavy atom. The van der Waals surface area contributed by atoms with Crippen LogP contribution in [0.1, 0.15) is 25.3 Å². The number of hydrogen-bond acceptors (Lipinski definition) is 3. The van der Waals surface area contributed by atoms with Crippen molar-refractivity contribution >= 4 is 17.3 Å². The molecule has 0 amide bonds. The first-order valence-electron chi connectivity index (χ1n) is 7.52. The third kappa shape index (κ3) is 3.87. The summed E-state index contributed by atoms with van der Waals surface area (Å²) in [6, 6.07) is 6.83. The summed E-state index contributed by atoms with van der Waals surface area (Å²) < 4.78 is 0. The Morgan fingerprint density at radius 1 is 1.45 bits per heavy atom. The molecule has 1 atom stereocenters. The van der Waals surface area contributed by atoms with Gasteiger partial charge in [0.1, 0.15) is 0 Å². The first-order chi connectivity index (χ1) is 9.61. The first kappa shape index (κ1) is 15.6. The summed E-state index contributed by atoms with van der Waals surface area (Å²) in [4.78, 5) is 4.85. The lowest BCUT2D eigenvalue weighted by molar-refractivity contribution is 0.248. The molecule has 1 heterocycles. The molecule has 1 aliphatic heterocycles. The Bertz CT molecular complexity index is 436. The van der Waals surface area contributed by atoms with Crippen molar-refractivity contribution in [2.45, 2.75) is 32.4 Å². The molecule has 1 fully saturated rings. The molecule has 1 saturated heterocycles. The van der Waals surface area contributed by atoms with Gasteiger partial charge in [0.25, 0.3) is 0 Å². The summed E-state index contributed by atoms with van der Waals surface area (Å²) >= 11 is 6.15. The molecule has 1 unspecified atom stereocenters. The van der Waals surface area contributed by atoms with Crippen LogP contribution in [0.25, 0.3) is 0 Å². The van der Waals surface area contributed by atoms with Crippen LogP contribution in [-0.4, -0.2) is 44.7 Å². The molecular formula is C16H26ClN3. The Morgan fingerprint density at radius 3 is 2.95 bits per heavy atom.